The second-order valence-electron chi connectivity index (χ2n) is 4.57. The van der Waals surface area contributed by atoms with Crippen LogP contribution < -0.4 is 0 Å². The molecule has 0 aliphatic heterocycles. The van der Waals surface area contributed by atoms with E-state index in [9.17, 15) is 13.2 Å². The highest BCUT2D eigenvalue weighted by Gasteiger charge is 2.56. The summed E-state index contributed by atoms with van der Waals surface area (Å²) < 4.78 is 41.7. The molecule has 0 saturated carbocycles. The third-order valence-electron chi connectivity index (χ3n) is 3.49. The van der Waals surface area contributed by atoms with Gasteiger partial charge in [0.25, 0.3) is 0 Å². The fraction of sp³-hybridized carbons (Fsp3) is 0.250. The average Bonchev–Trinajstić information content (AvgIpc) is 2.45. The number of hydrogen-bond acceptors (Lipinski definition) is 0. The molecule has 0 aliphatic carbocycles. The molecule has 2 rings (SSSR count). The molecule has 0 fully saturated rings. The van der Waals surface area contributed by atoms with Gasteiger partial charge in [0.15, 0.2) is 0 Å². The Morgan fingerprint density at radius 1 is 0.750 bits per heavy atom. The first kappa shape index (κ1) is 15.1. The minimum Gasteiger partial charge on any atom is -0.170 e. The zero-order valence-corrected chi connectivity index (χ0v) is 12.3. The lowest BCUT2D eigenvalue weighted by Gasteiger charge is -2.36. The first-order valence-corrected chi connectivity index (χ1v) is 7.38. The maximum Gasteiger partial charge on any atom is 0.402 e. The van der Waals surface area contributed by atoms with Crippen LogP contribution in [0.1, 0.15) is 17.5 Å². The van der Waals surface area contributed by atoms with Crippen LogP contribution >= 0.6 is 15.9 Å². The molecule has 106 valence electrons. The summed E-state index contributed by atoms with van der Waals surface area (Å²) in [5, 5.41) is 0.274. The Kier molecular flexibility index (Phi) is 4.53. The van der Waals surface area contributed by atoms with Gasteiger partial charge in [-0.1, -0.05) is 76.6 Å². The van der Waals surface area contributed by atoms with Gasteiger partial charge in [0.05, 0.1) is 0 Å². The third-order valence-corrected chi connectivity index (χ3v) is 3.88. The Balaban J connectivity index is 2.70. The van der Waals surface area contributed by atoms with Crippen LogP contribution in [0.3, 0.4) is 0 Å². The minimum absolute atomic E-state index is 0.0372. The monoisotopic (exact) mass is 342 g/mol. The van der Waals surface area contributed by atoms with Crippen LogP contribution in [0.15, 0.2) is 60.7 Å². The lowest BCUT2D eigenvalue weighted by molar-refractivity contribution is -0.178. The van der Waals surface area contributed by atoms with Crippen molar-refractivity contribution >= 4 is 15.9 Å². The third kappa shape index (κ3) is 2.62. The van der Waals surface area contributed by atoms with Crippen LogP contribution in [0.4, 0.5) is 13.2 Å². The number of rotatable bonds is 4. The van der Waals surface area contributed by atoms with E-state index in [-0.39, 0.29) is 22.9 Å². The van der Waals surface area contributed by atoms with Crippen LogP contribution in [-0.2, 0) is 5.41 Å². The van der Waals surface area contributed by atoms with E-state index in [2.05, 4.69) is 15.9 Å². The smallest absolute Gasteiger partial charge is 0.170 e. The van der Waals surface area contributed by atoms with Crippen molar-refractivity contribution in [2.45, 2.75) is 18.0 Å². The van der Waals surface area contributed by atoms with Gasteiger partial charge >= 0.3 is 6.18 Å². The Labute approximate surface area is 124 Å². The summed E-state index contributed by atoms with van der Waals surface area (Å²) in [5.41, 5.74) is -1.42. The number of benzene rings is 2. The first-order chi connectivity index (χ1) is 9.52. The van der Waals surface area contributed by atoms with Crippen LogP contribution in [0, 0.1) is 0 Å². The van der Waals surface area contributed by atoms with Gasteiger partial charge in [0, 0.05) is 5.33 Å². The van der Waals surface area contributed by atoms with Crippen LogP contribution in [0.5, 0.6) is 0 Å². The van der Waals surface area contributed by atoms with Crippen molar-refractivity contribution in [1.29, 1.82) is 0 Å². The first-order valence-electron chi connectivity index (χ1n) is 6.26. The summed E-state index contributed by atoms with van der Waals surface area (Å²) in [4.78, 5) is 0. The van der Waals surface area contributed by atoms with Gasteiger partial charge in [-0.25, -0.2) is 0 Å². The predicted octanol–water partition coefficient (Wildman–Crippen LogP) is 5.32. The van der Waals surface area contributed by atoms with E-state index < -0.39 is 11.6 Å². The van der Waals surface area contributed by atoms with E-state index in [0.717, 1.165) is 0 Å². The standard InChI is InChI=1S/C16H14BrF3/c17-12-11-15(16(18,19)20,13-7-3-1-4-8-13)14-9-5-2-6-10-14/h1-10H,11-12H2. The number of halogens is 4. The van der Waals surface area contributed by atoms with Crippen molar-refractivity contribution in [2.24, 2.45) is 0 Å². The van der Waals surface area contributed by atoms with Crippen LogP contribution in [-0.4, -0.2) is 11.5 Å². The Morgan fingerprint density at radius 3 is 1.45 bits per heavy atom. The molecule has 4 heteroatoms. The molecule has 0 unspecified atom stereocenters. The van der Waals surface area contributed by atoms with Crippen molar-refractivity contribution in [1.82, 2.24) is 0 Å². The van der Waals surface area contributed by atoms with Crippen molar-refractivity contribution in [3.8, 4) is 0 Å². The molecule has 0 aromatic heterocycles. The van der Waals surface area contributed by atoms with Gasteiger partial charge in [0.2, 0.25) is 0 Å². The molecule has 0 nitrogen and oxygen atoms in total. The van der Waals surface area contributed by atoms with E-state index in [0.29, 0.717) is 0 Å². The zero-order chi connectivity index (χ0) is 14.6. The van der Waals surface area contributed by atoms with Gasteiger partial charge in [-0.15, -0.1) is 0 Å². The van der Waals surface area contributed by atoms with Crippen molar-refractivity contribution in [2.75, 3.05) is 5.33 Å². The molecular weight excluding hydrogens is 329 g/mol. The topological polar surface area (TPSA) is 0 Å². The van der Waals surface area contributed by atoms with Gasteiger partial charge in [-0.2, -0.15) is 13.2 Å². The molecule has 0 radical (unpaired) electrons. The molecular formula is C16H14BrF3. The Morgan fingerprint density at radius 2 is 1.15 bits per heavy atom. The van der Waals surface area contributed by atoms with Crippen LogP contribution in [0.2, 0.25) is 0 Å². The van der Waals surface area contributed by atoms with Gasteiger partial charge in [0.1, 0.15) is 5.41 Å². The summed E-state index contributed by atoms with van der Waals surface area (Å²) >= 11 is 3.17. The highest BCUT2D eigenvalue weighted by Crippen LogP contribution is 2.49. The average molecular weight is 343 g/mol. The summed E-state index contributed by atoms with van der Waals surface area (Å²) in [7, 11) is 0. The van der Waals surface area contributed by atoms with E-state index in [4.69, 9.17) is 0 Å². The molecule has 0 heterocycles. The van der Waals surface area contributed by atoms with Crippen molar-refractivity contribution in [3.63, 3.8) is 0 Å². The highest BCUT2D eigenvalue weighted by atomic mass is 79.9. The fourth-order valence-electron chi connectivity index (χ4n) is 2.51. The highest BCUT2D eigenvalue weighted by molar-refractivity contribution is 9.09. The summed E-state index contributed by atoms with van der Waals surface area (Å²) in [6.45, 7) is 0. The molecule has 0 aliphatic rings. The number of hydrogen-bond donors (Lipinski definition) is 0. The lowest BCUT2D eigenvalue weighted by atomic mass is 9.72. The quantitative estimate of drug-likeness (QED) is 0.659. The van der Waals surface area contributed by atoms with Gasteiger partial charge in [-0.05, 0) is 17.5 Å². The van der Waals surface area contributed by atoms with Crippen molar-refractivity contribution < 1.29 is 13.2 Å². The SMILES string of the molecule is FC(F)(F)C(CCBr)(c1ccccc1)c1ccccc1. The minimum atomic E-state index is -4.36. The fourth-order valence-corrected chi connectivity index (χ4v) is 3.11. The maximum atomic E-state index is 13.9. The molecule has 0 bridgehead atoms. The molecule has 0 spiro atoms. The number of alkyl halides is 4. The van der Waals surface area contributed by atoms with Gasteiger partial charge in [-0.3, -0.25) is 0 Å². The summed E-state index contributed by atoms with van der Waals surface area (Å²) in [6, 6.07) is 16.2. The molecule has 0 N–H and O–H groups in total. The summed E-state index contributed by atoms with van der Waals surface area (Å²) in [6.07, 6.45) is -4.39. The Hall–Kier alpha value is -1.29. The van der Waals surface area contributed by atoms with E-state index in [1.807, 2.05) is 0 Å². The zero-order valence-electron chi connectivity index (χ0n) is 10.7. The second-order valence-corrected chi connectivity index (χ2v) is 5.37. The van der Waals surface area contributed by atoms with Crippen molar-refractivity contribution in [3.05, 3.63) is 71.8 Å². The van der Waals surface area contributed by atoms with E-state index in [1.54, 1.807) is 60.7 Å². The Bertz CT molecular complexity index is 495. The van der Waals surface area contributed by atoms with E-state index >= 15 is 0 Å². The molecule has 20 heavy (non-hydrogen) atoms. The molecule has 2 aromatic carbocycles. The molecule has 0 saturated heterocycles. The van der Waals surface area contributed by atoms with Gasteiger partial charge < -0.3 is 0 Å². The molecule has 0 atom stereocenters. The molecule has 0 amide bonds. The second kappa shape index (κ2) is 6.00. The van der Waals surface area contributed by atoms with Crippen LogP contribution in [0.25, 0.3) is 0 Å². The maximum absolute atomic E-state index is 13.9. The normalized spacial score (nSPS) is 12.4. The predicted molar refractivity (Wildman–Crippen MR) is 78.1 cm³/mol. The van der Waals surface area contributed by atoms with E-state index in [1.165, 1.54) is 0 Å². The largest absolute Gasteiger partial charge is 0.402 e. The summed E-state index contributed by atoms with van der Waals surface area (Å²) in [5.74, 6) is 0. The molecule has 2 aromatic rings. The lowest BCUT2D eigenvalue weighted by Crippen LogP contribution is -2.43.